The number of hydrogen-bond donors (Lipinski definition) is 2. The highest BCUT2D eigenvalue weighted by Gasteiger charge is 2.56. The van der Waals surface area contributed by atoms with Gasteiger partial charge in [-0.3, -0.25) is 9.35 Å². The number of nitrogens with zero attached hydrogens (tertiary/aromatic N) is 2. The number of alkyl halides is 3. The lowest BCUT2D eigenvalue weighted by molar-refractivity contribution is -0.193. The first-order valence-electron chi connectivity index (χ1n) is 5.99. The lowest BCUT2D eigenvalue weighted by atomic mass is 9.77. The van der Waals surface area contributed by atoms with Crippen LogP contribution in [0.3, 0.4) is 0 Å². The second-order valence-electron chi connectivity index (χ2n) is 5.00. The van der Waals surface area contributed by atoms with Crippen LogP contribution in [-0.2, 0) is 19.8 Å². The van der Waals surface area contributed by atoms with Crippen molar-refractivity contribution < 1.29 is 35.8 Å². The standard InChI is InChI=1S/C9H12F3N3O2.CH4O3S/c1-17-14-6-2-13-3-8(6)4-15(5-8)7(16)9(10,11)12;1-5(2,3)4/h13H,2-5H2,1H3;1H3,(H,2,3,4). The van der Waals surface area contributed by atoms with Crippen molar-refractivity contribution in [3.8, 4) is 0 Å². The molecular formula is C10H16F3N3O5S. The van der Waals surface area contributed by atoms with E-state index in [1.165, 1.54) is 7.11 Å². The van der Waals surface area contributed by atoms with E-state index in [4.69, 9.17) is 4.55 Å². The number of carbonyl (C=O) groups is 1. The molecule has 2 N–H and O–H groups in total. The van der Waals surface area contributed by atoms with E-state index in [0.29, 0.717) is 25.1 Å². The summed E-state index contributed by atoms with van der Waals surface area (Å²) in [5.41, 5.74) is 0.197. The Morgan fingerprint density at radius 2 is 1.95 bits per heavy atom. The Morgan fingerprint density at radius 1 is 1.45 bits per heavy atom. The van der Waals surface area contributed by atoms with Gasteiger partial charge in [-0.1, -0.05) is 5.16 Å². The Labute approximate surface area is 125 Å². The summed E-state index contributed by atoms with van der Waals surface area (Å²) in [7, 11) is -2.28. The lowest BCUT2D eigenvalue weighted by Crippen LogP contribution is -2.64. The van der Waals surface area contributed by atoms with Gasteiger partial charge in [-0.15, -0.1) is 0 Å². The van der Waals surface area contributed by atoms with Crippen LogP contribution in [-0.4, -0.2) is 75.2 Å². The third-order valence-corrected chi connectivity index (χ3v) is 3.09. The zero-order chi connectivity index (χ0) is 17.2. The van der Waals surface area contributed by atoms with Crippen LogP contribution in [0.15, 0.2) is 5.16 Å². The zero-order valence-corrected chi connectivity index (χ0v) is 12.7. The van der Waals surface area contributed by atoms with E-state index in [1.807, 2.05) is 0 Å². The third-order valence-electron chi connectivity index (χ3n) is 3.09. The van der Waals surface area contributed by atoms with Gasteiger partial charge in [0.1, 0.15) is 7.11 Å². The number of carbonyl (C=O) groups excluding carboxylic acids is 1. The molecular weight excluding hydrogens is 331 g/mol. The Kier molecular flexibility index (Phi) is 5.41. The van der Waals surface area contributed by atoms with E-state index in [1.54, 1.807) is 0 Å². The van der Waals surface area contributed by atoms with Crippen molar-refractivity contribution in [3.05, 3.63) is 0 Å². The number of likely N-dealkylation sites (tertiary alicyclic amines) is 1. The number of nitrogens with one attached hydrogen (secondary N) is 1. The molecule has 2 fully saturated rings. The number of halogens is 3. The summed E-state index contributed by atoms with van der Waals surface area (Å²) in [6, 6.07) is 0. The van der Waals surface area contributed by atoms with Gasteiger partial charge in [0.2, 0.25) is 0 Å². The molecule has 0 bridgehead atoms. The third kappa shape index (κ3) is 4.81. The van der Waals surface area contributed by atoms with Crippen LogP contribution in [0.2, 0.25) is 0 Å². The SMILES string of the molecule is CON=C1CNCC12CN(C(=O)C(F)(F)F)C2.CS(=O)(=O)O. The average Bonchev–Trinajstić information content (AvgIpc) is 2.66. The van der Waals surface area contributed by atoms with Gasteiger partial charge in [0.25, 0.3) is 10.1 Å². The average molecular weight is 347 g/mol. The molecule has 128 valence electrons. The number of oxime groups is 1. The predicted octanol–water partition coefficient (Wildman–Crippen LogP) is -0.513. The van der Waals surface area contributed by atoms with Crippen LogP contribution in [0.4, 0.5) is 13.2 Å². The first kappa shape index (κ1) is 18.6. The van der Waals surface area contributed by atoms with E-state index in [-0.39, 0.29) is 13.1 Å². The van der Waals surface area contributed by atoms with Gasteiger partial charge < -0.3 is 15.1 Å². The summed E-state index contributed by atoms with van der Waals surface area (Å²) in [6.07, 6.45) is -4.08. The Bertz CT molecular complexity index is 547. The number of amides is 1. The van der Waals surface area contributed by atoms with Crippen LogP contribution in [0, 0.1) is 5.41 Å². The Morgan fingerprint density at radius 3 is 2.36 bits per heavy atom. The highest BCUT2D eigenvalue weighted by atomic mass is 32.2. The minimum Gasteiger partial charge on any atom is -0.399 e. The molecule has 12 heteroatoms. The van der Waals surface area contributed by atoms with Crippen LogP contribution < -0.4 is 5.32 Å². The first-order valence-corrected chi connectivity index (χ1v) is 7.84. The summed E-state index contributed by atoms with van der Waals surface area (Å²) in [6.45, 7) is 1.10. The predicted molar refractivity (Wildman–Crippen MR) is 69.9 cm³/mol. The Balaban J connectivity index is 0.000000422. The van der Waals surface area contributed by atoms with E-state index in [2.05, 4.69) is 15.3 Å². The molecule has 8 nitrogen and oxygen atoms in total. The first-order chi connectivity index (χ1) is 9.89. The van der Waals surface area contributed by atoms with Crippen molar-refractivity contribution in [1.29, 1.82) is 0 Å². The Hall–Kier alpha value is -1.40. The summed E-state index contributed by atoms with van der Waals surface area (Å²) in [4.78, 5) is 16.4. The molecule has 0 atom stereocenters. The molecule has 0 saturated carbocycles. The maximum Gasteiger partial charge on any atom is 0.471 e. The van der Waals surface area contributed by atoms with Gasteiger partial charge in [0.15, 0.2) is 0 Å². The second kappa shape index (κ2) is 6.38. The van der Waals surface area contributed by atoms with Crippen molar-refractivity contribution in [2.75, 3.05) is 39.5 Å². The number of rotatable bonds is 1. The quantitative estimate of drug-likeness (QED) is 0.488. The van der Waals surface area contributed by atoms with Crippen molar-refractivity contribution in [1.82, 2.24) is 10.2 Å². The molecule has 1 amide bonds. The van der Waals surface area contributed by atoms with E-state index >= 15 is 0 Å². The smallest absolute Gasteiger partial charge is 0.399 e. The van der Waals surface area contributed by atoms with Crippen molar-refractivity contribution in [2.24, 2.45) is 10.6 Å². The topological polar surface area (TPSA) is 108 Å². The summed E-state index contributed by atoms with van der Waals surface area (Å²) in [5.74, 6) is -1.79. The molecule has 2 saturated heterocycles. The molecule has 0 radical (unpaired) electrons. The van der Waals surface area contributed by atoms with Crippen LogP contribution >= 0.6 is 0 Å². The zero-order valence-electron chi connectivity index (χ0n) is 11.8. The summed E-state index contributed by atoms with van der Waals surface area (Å²) in [5, 5.41) is 6.81. The van der Waals surface area contributed by atoms with Gasteiger partial charge in [0.05, 0.1) is 17.4 Å². The van der Waals surface area contributed by atoms with Gasteiger partial charge in [-0.25, -0.2) is 0 Å². The highest BCUT2D eigenvalue weighted by Crippen LogP contribution is 2.36. The van der Waals surface area contributed by atoms with E-state index in [9.17, 15) is 26.4 Å². The highest BCUT2D eigenvalue weighted by molar-refractivity contribution is 7.85. The fourth-order valence-electron chi connectivity index (χ4n) is 2.25. The molecule has 0 unspecified atom stereocenters. The molecule has 1 spiro atoms. The molecule has 2 heterocycles. The molecule has 2 aliphatic heterocycles. The van der Waals surface area contributed by atoms with Gasteiger partial charge in [-0.2, -0.15) is 21.6 Å². The molecule has 0 aromatic rings. The monoisotopic (exact) mass is 347 g/mol. The molecule has 2 rings (SSSR count). The minimum atomic E-state index is -4.80. The molecule has 0 aliphatic carbocycles. The fourth-order valence-corrected chi connectivity index (χ4v) is 2.25. The van der Waals surface area contributed by atoms with Crippen LogP contribution in [0.5, 0.6) is 0 Å². The largest absolute Gasteiger partial charge is 0.471 e. The fraction of sp³-hybridized carbons (Fsp3) is 0.800. The molecule has 0 aromatic carbocycles. The lowest BCUT2D eigenvalue weighted by Gasteiger charge is -2.47. The summed E-state index contributed by atoms with van der Waals surface area (Å²) < 4.78 is 62.4. The van der Waals surface area contributed by atoms with Gasteiger partial charge in [-0.05, 0) is 0 Å². The maximum absolute atomic E-state index is 12.2. The van der Waals surface area contributed by atoms with Gasteiger partial charge in [0, 0.05) is 26.2 Å². The molecule has 22 heavy (non-hydrogen) atoms. The van der Waals surface area contributed by atoms with E-state index in [0.717, 1.165) is 4.90 Å². The normalized spacial score (nSPS) is 22.1. The van der Waals surface area contributed by atoms with Crippen LogP contribution in [0.25, 0.3) is 0 Å². The second-order valence-corrected chi connectivity index (χ2v) is 6.46. The number of hydrogen-bond acceptors (Lipinski definition) is 6. The van der Waals surface area contributed by atoms with Crippen molar-refractivity contribution in [2.45, 2.75) is 6.18 Å². The van der Waals surface area contributed by atoms with Crippen molar-refractivity contribution >= 4 is 21.7 Å². The maximum atomic E-state index is 12.2. The van der Waals surface area contributed by atoms with Crippen LogP contribution in [0.1, 0.15) is 0 Å². The van der Waals surface area contributed by atoms with E-state index < -0.39 is 27.6 Å². The van der Waals surface area contributed by atoms with Gasteiger partial charge >= 0.3 is 12.1 Å². The van der Waals surface area contributed by atoms with Crippen molar-refractivity contribution in [3.63, 3.8) is 0 Å². The molecule has 0 aromatic heterocycles. The minimum absolute atomic E-state index is 0.0422. The summed E-state index contributed by atoms with van der Waals surface area (Å²) >= 11 is 0. The molecule has 2 aliphatic rings.